The third-order valence-corrected chi connectivity index (χ3v) is 5.98. The third-order valence-electron chi connectivity index (χ3n) is 4.98. The number of oxazole rings is 1. The number of hydrogen-bond acceptors (Lipinski definition) is 7. The second-order valence-electron chi connectivity index (χ2n) is 7.35. The van der Waals surface area contributed by atoms with Gasteiger partial charge in [-0.1, -0.05) is 6.07 Å². The van der Waals surface area contributed by atoms with Crippen LogP contribution in [0.4, 0.5) is 0 Å². The molecule has 0 saturated heterocycles. The summed E-state index contributed by atoms with van der Waals surface area (Å²) in [5, 5.41) is 9.80. The normalized spacial score (nSPS) is 11.2. The Morgan fingerprint density at radius 1 is 1.09 bits per heavy atom. The predicted octanol–water partition coefficient (Wildman–Crippen LogP) is 2.39. The molecule has 166 valence electrons. The molecule has 0 aliphatic carbocycles. The average Bonchev–Trinajstić information content (AvgIpc) is 3.53. The minimum Gasteiger partial charge on any atom is -0.408 e. The first-order valence-electron chi connectivity index (χ1n) is 10.0. The largest absolute Gasteiger partial charge is 0.417 e. The van der Waals surface area contributed by atoms with Crippen molar-refractivity contribution in [3.63, 3.8) is 0 Å². The molecule has 0 fully saturated rings. The van der Waals surface area contributed by atoms with Crippen LogP contribution >= 0.6 is 11.3 Å². The monoisotopic (exact) mass is 462 g/mol. The first-order valence-corrected chi connectivity index (χ1v) is 10.9. The van der Waals surface area contributed by atoms with E-state index >= 15 is 0 Å². The molecule has 0 atom stereocenters. The van der Waals surface area contributed by atoms with Crippen molar-refractivity contribution in [1.29, 1.82) is 0 Å². The Labute approximate surface area is 190 Å². The number of aromatic nitrogens is 4. The second kappa shape index (κ2) is 8.36. The predicted molar refractivity (Wildman–Crippen MR) is 121 cm³/mol. The van der Waals surface area contributed by atoms with E-state index in [2.05, 4.69) is 25.7 Å². The molecule has 0 aliphatic heterocycles. The minimum absolute atomic E-state index is 0.0953. The van der Waals surface area contributed by atoms with Gasteiger partial charge in [0.05, 0.1) is 18.3 Å². The van der Waals surface area contributed by atoms with Crippen molar-refractivity contribution >= 4 is 39.9 Å². The highest BCUT2D eigenvalue weighted by Gasteiger charge is 2.18. The standard InChI is InChI=1S/C22H18N6O4S/c1-12-2-4-14(33-12)11-24-21(30)17-9-16(26-19-6-7-25-28(17)19)20(29)23-10-13-3-5-18-15(8-13)27-22(31)32-18/h2-9H,10-11H2,1H3,(H,23,29)(H,24,30)(H,27,31). The number of aromatic amines is 1. The number of amides is 2. The molecule has 5 rings (SSSR count). The summed E-state index contributed by atoms with van der Waals surface area (Å²) >= 11 is 1.61. The highest BCUT2D eigenvalue weighted by Crippen LogP contribution is 2.15. The molecule has 0 spiro atoms. The summed E-state index contributed by atoms with van der Waals surface area (Å²) in [5.74, 6) is -1.34. The van der Waals surface area contributed by atoms with Gasteiger partial charge in [0.1, 0.15) is 11.4 Å². The van der Waals surface area contributed by atoms with Crippen LogP contribution in [0.2, 0.25) is 0 Å². The highest BCUT2D eigenvalue weighted by molar-refractivity contribution is 7.11. The Hall–Kier alpha value is -4.25. The lowest BCUT2D eigenvalue weighted by molar-refractivity contribution is 0.0943. The fraction of sp³-hybridized carbons (Fsp3) is 0.136. The quantitative estimate of drug-likeness (QED) is 0.355. The van der Waals surface area contributed by atoms with Crippen LogP contribution in [0.3, 0.4) is 0 Å². The second-order valence-corrected chi connectivity index (χ2v) is 8.72. The van der Waals surface area contributed by atoms with E-state index in [1.54, 1.807) is 35.6 Å². The Balaban J connectivity index is 1.34. The zero-order chi connectivity index (χ0) is 22.9. The number of aryl methyl sites for hydroxylation is 1. The SMILES string of the molecule is Cc1ccc(CNC(=O)c2cc(C(=O)NCc3ccc4oc(=O)[nH]c4c3)nc3ccnn23)s1. The minimum atomic E-state index is -0.537. The molecule has 0 bridgehead atoms. The van der Waals surface area contributed by atoms with Crippen LogP contribution in [0.25, 0.3) is 16.7 Å². The Morgan fingerprint density at radius 2 is 1.94 bits per heavy atom. The van der Waals surface area contributed by atoms with E-state index < -0.39 is 11.7 Å². The number of nitrogens with zero attached hydrogens (tertiary/aromatic N) is 3. The van der Waals surface area contributed by atoms with Gasteiger partial charge in [0.15, 0.2) is 11.2 Å². The van der Waals surface area contributed by atoms with Crippen LogP contribution < -0.4 is 16.4 Å². The van der Waals surface area contributed by atoms with Crippen LogP contribution in [0.1, 0.15) is 36.3 Å². The van der Waals surface area contributed by atoms with Crippen LogP contribution in [0.15, 0.2) is 57.9 Å². The topological polar surface area (TPSA) is 134 Å². The van der Waals surface area contributed by atoms with Gasteiger partial charge in [-0.2, -0.15) is 5.10 Å². The number of carbonyl (C=O) groups is 2. The summed E-state index contributed by atoms with van der Waals surface area (Å²) in [6.45, 7) is 2.58. The number of H-pyrrole nitrogens is 1. The number of benzene rings is 1. The number of thiophene rings is 1. The van der Waals surface area contributed by atoms with E-state index in [9.17, 15) is 14.4 Å². The fourth-order valence-corrected chi connectivity index (χ4v) is 4.24. The van der Waals surface area contributed by atoms with E-state index in [0.29, 0.717) is 23.3 Å². The van der Waals surface area contributed by atoms with Crippen molar-refractivity contribution in [3.8, 4) is 0 Å². The zero-order valence-corrected chi connectivity index (χ0v) is 18.2. The number of hydrogen-bond donors (Lipinski definition) is 3. The van der Waals surface area contributed by atoms with Gasteiger partial charge in [-0.05, 0) is 36.8 Å². The van der Waals surface area contributed by atoms with Crippen molar-refractivity contribution in [2.45, 2.75) is 20.0 Å². The van der Waals surface area contributed by atoms with Crippen molar-refractivity contribution in [3.05, 3.63) is 85.9 Å². The maximum Gasteiger partial charge on any atom is 0.417 e. The number of fused-ring (bicyclic) bond motifs is 2. The molecule has 4 aromatic heterocycles. The highest BCUT2D eigenvalue weighted by atomic mass is 32.1. The zero-order valence-electron chi connectivity index (χ0n) is 17.4. The smallest absolute Gasteiger partial charge is 0.408 e. The van der Waals surface area contributed by atoms with Gasteiger partial charge in [-0.3, -0.25) is 14.6 Å². The molecule has 2 amide bonds. The van der Waals surface area contributed by atoms with Gasteiger partial charge in [-0.25, -0.2) is 14.3 Å². The summed E-state index contributed by atoms with van der Waals surface area (Å²) < 4.78 is 6.38. The molecule has 4 heterocycles. The molecule has 5 aromatic rings. The number of rotatable bonds is 6. The molecule has 0 saturated carbocycles. The van der Waals surface area contributed by atoms with Gasteiger partial charge >= 0.3 is 5.76 Å². The van der Waals surface area contributed by atoms with E-state index in [4.69, 9.17) is 4.42 Å². The van der Waals surface area contributed by atoms with E-state index in [-0.39, 0.29) is 23.8 Å². The lowest BCUT2D eigenvalue weighted by Gasteiger charge is -2.09. The molecule has 11 heteroatoms. The summed E-state index contributed by atoms with van der Waals surface area (Å²) in [6.07, 6.45) is 1.52. The van der Waals surface area contributed by atoms with Crippen LogP contribution in [-0.4, -0.2) is 31.4 Å². The van der Waals surface area contributed by atoms with Crippen molar-refractivity contribution in [2.24, 2.45) is 0 Å². The van der Waals surface area contributed by atoms with E-state index in [1.807, 2.05) is 19.1 Å². The lowest BCUT2D eigenvalue weighted by Crippen LogP contribution is -2.28. The molecule has 0 radical (unpaired) electrons. The Kier molecular flexibility index (Phi) is 5.23. The number of nitrogens with one attached hydrogen (secondary N) is 3. The van der Waals surface area contributed by atoms with Crippen molar-refractivity contribution in [1.82, 2.24) is 30.2 Å². The average molecular weight is 462 g/mol. The molecule has 0 aliphatic rings. The molecule has 0 unspecified atom stereocenters. The molecule has 10 nitrogen and oxygen atoms in total. The van der Waals surface area contributed by atoms with Gasteiger partial charge in [0.25, 0.3) is 11.8 Å². The van der Waals surface area contributed by atoms with Gasteiger partial charge in [-0.15, -0.1) is 11.3 Å². The van der Waals surface area contributed by atoms with Crippen molar-refractivity contribution in [2.75, 3.05) is 0 Å². The van der Waals surface area contributed by atoms with Crippen LogP contribution in [-0.2, 0) is 13.1 Å². The molecular weight excluding hydrogens is 444 g/mol. The molecule has 3 N–H and O–H groups in total. The Bertz CT molecular complexity index is 1560. The first kappa shape index (κ1) is 20.6. The summed E-state index contributed by atoms with van der Waals surface area (Å²) in [7, 11) is 0. The molecule has 1 aromatic carbocycles. The fourth-order valence-electron chi connectivity index (χ4n) is 3.41. The maximum atomic E-state index is 12.9. The third kappa shape index (κ3) is 4.26. The van der Waals surface area contributed by atoms with Gasteiger partial charge in [0, 0.05) is 28.4 Å². The summed E-state index contributed by atoms with van der Waals surface area (Å²) in [5.41, 5.74) is 2.44. The summed E-state index contributed by atoms with van der Waals surface area (Å²) in [6, 6.07) is 12.1. The molecular formula is C22H18N6O4S. The van der Waals surface area contributed by atoms with Crippen LogP contribution in [0.5, 0.6) is 0 Å². The first-order chi connectivity index (χ1) is 16.0. The number of carbonyl (C=O) groups excluding carboxylic acids is 2. The van der Waals surface area contributed by atoms with Gasteiger partial charge in [0.2, 0.25) is 0 Å². The summed E-state index contributed by atoms with van der Waals surface area (Å²) in [4.78, 5) is 46.0. The maximum absolute atomic E-state index is 12.9. The van der Waals surface area contributed by atoms with Gasteiger partial charge < -0.3 is 15.1 Å². The molecule has 33 heavy (non-hydrogen) atoms. The van der Waals surface area contributed by atoms with Crippen molar-refractivity contribution < 1.29 is 14.0 Å². The lowest BCUT2D eigenvalue weighted by atomic mass is 10.2. The van der Waals surface area contributed by atoms with E-state index in [1.165, 1.54) is 16.8 Å². The van der Waals surface area contributed by atoms with Crippen LogP contribution in [0, 0.1) is 6.92 Å². The Morgan fingerprint density at radius 3 is 2.76 bits per heavy atom. The van der Waals surface area contributed by atoms with E-state index in [0.717, 1.165) is 15.3 Å².